The van der Waals surface area contributed by atoms with Gasteiger partial charge in [-0.1, -0.05) is 29.3 Å². The number of anilines is 2. The number of phenols is 1. The van der Waals surface area contributed by atoms with Crippen molar-refractivity contribution in [2.75, 3.05) is 19.4 Å². The molecular formula is C27H24Cl2N4O2. The Kier molecular flexibility index (Phi) is 6.36. The monoisotopic (exact) mass is 506 g/mol. The number of hydrogen-bond donors (Lipinski definition) is 2. The van der Waals surface area contributed by atoms with Gasteiger partial charge in [-0.05, 0) is 74.5 Å². The zero-order valence-electron chi connectivity index (χ0n) is 19.3. The van der Waals surface area contributed by atoms with Crippen molar-refractivity contribution in [3.63, 3.8) is 0 Å². The predicted octanol–water partition coefficient (Wildman–Crippen LogP) is 6.80. The van der Waals surface area contributed by atoms with Gasteiger partial charge >= 0.3 is 0 Å². The van der Waals surface area contributed by atoms with E-state index >= 15 is 0 Å². The SMILES string of the molecule is CN(C)Cc1ccc(Nc2c(C=O)c(C3CC3)nc3ccc(-c4cc(Cl)c(O)c(Cl)c4)cc23)cn1. The fourth-order valence-corrected chi connectivity index (χ4v) is 4.68. The number of fused-ring (bicyclic) bond motifs is 1. The summed E-state index contributed by atoms with van der Waals surface area (Å²) < 4.78 is 0. The van der Waals surface area contributed by atoms with Crippen molar-refractivity contribution in [3.8, 4) is 16.9 Å². The lowest BCUT2D eigenvalue weighted by molar-refractivity contribution is 0.112. The van der Waals surface area contributed by atoms with E-state index in [1.807, 2.05) is 44.4 Å². The summed E-state index contributed by atoms with van der Waals surface area (Å²) in [5.41, 5.74) is 6.21. The fraction of sp³-hybridized carbons (Fsp3) is 0.222. The summed E-state index contributed by atoms with van der Waals surface area (Å²) in [5.74, 6) is 0.152. The fourth-order valence-electron chi connectivity index (χ4n) is 4.19. The first kappa shape index (κ1) is 23.5. The molecule has 1 saturated carbocycles. The quantitative estimate of drug-likeness (QED) is 0.268. The van der Waals surface area contributed by atoms with Crippen LogP contribution in [0.2, 0.25) is 10.0 Å². The zero-order valence-corrected chi connectivity index (χ0v) is 20.9. The van der Waals surface area contributed by atoms with Crippen molar-refractivity contribution in [2.24, 2.45) is 0 Å². The van der Waals surface area contributed by atoms with E-state index in [1.54, 1.807) is 18.3 Å². The molecule has 2 aromatic heterocycles. The normalized spacial score (nSPS) is 13.4. The number of halogens is 2. The third-order valence-corrected chi connectivity index (χ3v) is 6.63. The van der Waals surface area contributed by atoms with Crippen molar-refractivity contribution in [1.29, 1.82) is 0 Å². The Labute approximate surface area is 213 Å². The van der Waals surface area contributed by atoms with Crippen molar-refractivity contribution < 1.29 is 9.90 Å². The van der Waals surface area contributed by atoms with E-state index in [2.05, 4.69) is 15.2 Å². The number of aromatic nitrogens is 2. The maximum absolute atomic E-state index is 12.3. The van der Waals surface area contributed by atoms with Crippen LogP contribution in [0.25, 0.3) is 22.0 Å². The summed E-state index contributed by atoms with van der Waals surface area (Å²) in [5, 5.41) is 14.5. The van der Waals surface area contributed by atoms with Crippen LogP contribution in [0.1, 0.15) is 40.5 Å². The molecule has 0 atom stereocenters. The van der Waals surface area contributed by atoms with Gasteiger partial charge in [-0.25, -0.2) is 0 Å². The van der Waals surface area contributed by atoms with E-state index in [1.165, 1.54) is 0 Å². The van der Waals surface area contributed by atoms with Crippen LogP contribution in [0.4, 0.5) is 11.4 Å². The van der Waals surface area contributed by atoms with E-state index in [0.717, 1.165) is 64.8 Å². The molecule has 0 amide bonds. The van der Waals surface area contributed by atoms with Crippen LogP contribution in [0.15, 0.2) is 48.7 Å². The minimum atomic E-state index is -0.149. The number of nitrogens with zero attached hydrogens (tertiary/aromatic N) is 3. The van der Waals surface area contributed by atoms with E-state index in [4.69, 9.17) is 28.2 Å². The predicted molar refractivity (Wildman–Crippen MR) is 141 cm³/mol. The van der Waals surface area contributed by atoms with Crippen molar-refractivity contribution >= 4 is 51.8 Å². The second-order valence-corrected chi connectivity index (χ2v) is 9.91. The van der Waals surface area contributed by atoms with Gasteiger partial charge < -0.3 is 15.3 Å². The van der Waals surface area contributed by atoms with Gasteiger partial charge in [0.15, 0.2) is 12.0 Å². The van der Waals surface area contributed by atoms with E-state index in [0.29, 0.717) is 17.2 Å². The minimum absolute atomic E-state index is 0.149. The molecule has 4 aromatic rings. The third kappa shape index (κ3) is 4.82. The average molecular weight is 507 g/mol. The average Bonchev–Trinajstić information content (AvgIpc) is 3.68. The molecule has 0 spiro atoms. The minimum Gasteiger partial charge on any atom is -0.505 e. The molecule has 6 nitrogen and oxygen atoms in total. The summed E-state index contributed by atoms with van der Waals surface area (Å²) >= 11 is 12.3. The lowest BCUT2D eigenvalue weighted by atomic mass is 9.99. The number of benzene rings is 2. The standard InChI is InChI=1S/C27H24Cl2N4O2/c1-33(2)13-19-7-6-18(12-30-19)31-26-20-9-16(17-10-22(28)27(35)23(29)11-17)5-8-24(20)32-25(15-3-4-15)21(26)14-34/h5-12,14-15,35H,3-4,13H2,1-2H3,(H,31,32). The molecule has 0 saturated heterocycles. The summed E-state index contributed by atoms with van der Waals surface area (Å²) in [6, 6.07) is 13.1. The molecule has 8 heteroatoms. The maximum Gasteiger partial charge on any atom is 0.154 e. The molecule has 1 aliphatic carbocycles. The molecule has 1 aliphatic rings. The van der Waals surface area contributed by atoms with Crippen LogP contribution in [0, 0.1) is 0 Å². The van der Waals surface area contributed by atoms with Crippen LogP contribution >= 0.6 is 23.2 Å². The summed E-state index contributed by atoms with van der Waals surface area (Å²) in [6.45, 7) is 0.741. The van der Waals surface area contributed by atoms with E-state index < -0.39 is 0 Å². The highest BCUT2D eigenvalue weighted by Crippen LogP contribution is 2.45. The molecule has 2 N–H and O–H groups in total. The number of carbonyl (C=O) groups is 1. The lowest BCUT2D eigenvalue weighted by Crippen LogP contribution is -2.11. The Balaban J connectivity index is 1.64. The largest absolute Gasteiger partial charge is 0.505 e. The highest BCUT2D eigenvalue weighted by molar-refractivity contribution is 6.37. The van der Waals surface area contributed by atoms with Crippen molar-refractivity contribution in [1.82, 2.24) is 14.9 Å². The number of carbonyl (C=O) groups excluding carboxylic acids is 1. The van der Waals surface area contributed by atoms with Crippen LogP contribution in [-0.4, -0.2) is 40.4 Å². The van der Waals surface area contributed by atoms with Gasteiger partial charge in [0.2, 0.25) is 0 Å². The van der Waals surface area contributed by atoms with Crippen LogP contribution in [0.5, 0.6) is 5.75 Å². The van der Waals surface area contributed by atoms with Crippen LogP contribution < -0.4 is 5.32 Å². The Morgan fingerprint density at radius 2 is 1.83 bits per heavy atom. The van der Waals surface area contributed by atoms with Gasteiger partial charge in [0, 0.05) is 17.8 Å². The van der Waals surface area contributed by atoms with E-state index in [-0.39, 0.29) is 15.8 Å². The first-order valence-corrected chi connectivity index (χ1v) is 12.1. The van der Waals surface area contributed by atoms with Gasteiger partial charge in [-0.3, -0.25) is 14.8 Å². The molecule has 0 bridgehead atoms. The Bertz CT molecular complexity index is 1410. The van der Waals surface area contributed by atoms with Gasteiger partial charge in [0.25, 0.3) is 0 Å². The first-order valence-electron chi connectivity index (χ1n) is 11.3. The number of aromatic hydroxyl groups is 1. The van der Waals surface area contributed by atoms with E-state index in [9.17, 15) is 9.90 Å². The molecule has 0 aliphatic heterocycles. The third-order valence-electron chi connectivity index (χ3n) is 6.06. The Hall–Kier alpha value is -3.19. The van der Waals surface area contributed by atoms with Crippen molar-refractivity contribution in [3.05, 3.63) is 75.7 Å². The van der Waals surface area contributed by atoms with Gasteiger partial charge in [0.05, 0.1) is 50.1 Å². The smallest absolute Gasteiger partial charge is 0.154 e. The summed E-state index contributed by atoms with van der Waals surface area (Å²) in [7, 11) is 4.00. The second kappa shape index (κ2) is 9.46. The summed E-state index contributed by atoms with van der Waals surface area (Å²) in [4.78, 5) is 23.8. The molecule has 5 rings (SSSR count). The molecule has 2 heterocycles. The van der Waals surface area contributed by atoms with Crippen LogP contribution in [-0.2, 0) is 6.54 Å². The number of pyridine rings is 2. The first-order chi connectivity index (χ1) is 16.8. The van der Waals surface area contributed by atoms with Crippen LogP contribution in [0.3, 0.4) is 0 Å². The highest BCUT2D eigenvalue weighted by atomic mass is 35.5. The molecule has 2 aromatic carbocycles. The molecule has 35 heavy (non-hydrogen) atoms. The maximum atomic E-state index is 12.3. The number of hydrogen-bond acceptors (Lipinski definition) is 6. The molecule has 0 radical (unpaired) electrons. The van der Waals surface area contributed by atoms with Gasteiger partial charge in [-0.15, -0.1) is 0 Å². The number of aldehydes is 1. The topological polar surface area (TPSA) is 78.4 Å². The summed E-state index contributed by atoms with van der Waals surface area (Å²) in [6.07, 6.45) is 4.72. The number of nitrogens with one attached hydrogen (secondary N) is 1. The Morgan fingerprint density at radius 1 is 1.09 bits per heavy atom. The zero-order chi connectivity index (χ0) is 24.7. The Morgan fingerprint density at radius 3 is 2.43 bits per heavy atom. The van der Waals surface area contributed by atoms with Gasteiger partial charge in [-0.2, -0.15) is 0 Å². The molecule has 1 fully saturated rings. The highest BCUT2D eigenvalue weighted by Gasteiger charge is 2.30. The molecule has 0 unspecified atom stereocenters. The number of rotatable bonds is 7. The van der Waals surface area contributed by atoms with Gasteiger partial charge in [0.1, 0.15) is 0 Å². The van der Waals surface area contributed by atoms with Crippen molar-refractivity contribution in [2.45, 2.75) is 25.3 Å². The molecule has 178 valence electrons. The number of phenolic OH excluding ortho intramolecular Hbond substituents is 1. The molecular weight excluding hydrogens is 483 g/mol. The second-order valence-electron chi connectivity index (χ2n) is 9.10. The lowest BCUT2D eigenvalue weighted by Gasteiger charge is -2.17.